The molecule has 0 saturated carbocycles. The Morgan fingerprint density at radius 2 is 2.00 bits per heavy atom. The van der Waals surface area contributed by atoms with Crippen molar-refractivity contribution in [3.05, 3.63) is 0 Å². The first-order valence-corrected chi connectivity index (χ1v) is 7.42. The smallest absolute Gasteiger partial charge is 0.216 e. The van der Waals surface area contributed by atoms with E-state index in [0.29, 0.717) is 13.2 Å². The fraction of sp³-hybridized carbons (Fsp3) is 0.900. The van der Waals surface area contributed by atoms with Crippen molar-refractivity contribution in [2.75, 3.05) is 45.8 Å². The lowest BCUT2D eigenvalue weighted by atomic mass is 10.4. The molecule has 0 radical (unpaired) electrons. The van der Waals surface area contributed by atoms with Crippen LogP contribution in [-0.2, 0) is 19.5 Å². The zero-order valence-electron chi connectivity index (χ0n) is 11.0. The fourth-order valence-electron chi connectivity index (χ4n) is 1.27. The van der Waals surface area contributed by atoms with Crippen molar-refractivity contribution in [1.29, 1.82) is 5.41 Å². The number of rotatable bonds is 11. The van der Waals surface area contributed by atoms with Crippen molar-refractivity contribution >= 4 is 15.9 Å². The van der Waals surface area contributed by atoms with Gasteiger partial charge in [-0.05, 0) is 6.92 Å². The van der Waals surface area contributed by atoms with Crippen molar-refractivity contribution in [2.45, 2.75) is 13.3 Å². The van der Waals surface area contributed by atoms with E-state index in [1.807, 2.05) is 6.92 Å². The topological polar surface area (TPSA) is 106 Å². The van der Waals surface area contributed by atoms with Gasteiger partial charge in [0.25, 0.3) is 0 Å². The Hall–Kier alpha value is -0.700. The van der Waals surface area contributed by atoms with Crippen LogP contribution in [-0.4, -0.2) is 64.3 Å². The zero-order valence-corrected chi connectivity index (χ0v) is 11.8. The predicted octanol–water partition coefficient (Wildman–Crippen LogP) is -0.373. The summed E-state index contributed by atoms with van der Waals surface area (Å²) in [6, 6.07) is 0. The van der Waals surface area contributed by atoms with Crippen LogP contribution in [0.3, 0.4) is 0 Å². The average Bonchev–Trinajstić information content (AvgIpc) is 2.28. The highest BCUT2D eigenvalue weighted by Crippen LogP contribution is 2.03. The molecule has 0 fully saturated rings. The van der Waals surface area contributed by atoms with Gasteiger partial charge in [-0.1, -0.05) is 0 Å². The van der Waals surface area contributed by atoms with Crippen molar-refractivity contribution < 1.29 is 17.9 Å². The van der Waals surface area contributed by atoms with Gasteiger partial charge in [0.2, 0.25) is 10.0 Å². The van der Waals surface area contributed by atoms with Crippen LogP contribution in [0.15, 0.2) is 0 Å². The SMILES string of the molecule is CCOCCS(=O)(=O)N(CCOC)CCC(=N)N. The summed E-state index contributed by atoms with van der Waals surface area (Å²) in [7, 11) is -1.88. The first-order valence-electron chi connectivity index (χ1n) is 5.81. The number of methoxy groups -OCH3 is 1. The van der Waals surface area contributed by atoms with Crippen LogP contribution in [0.1, 0.15) is 13.3 Å². The van der Waals surface area contributed by atoms with Crippen LogP contribution >= 0.6 is 0 Å². The molecule has 0 aliphatic rings. The number of hydrogen-bond acceptors (Lipinski definition) is 5. The monoisotopic (exact) mass is 281 g/mol. The summed E-state index contributed by atoms with van der Waals surface area (Å²) < 4.78 is 35.2. The van der Waals surface area contributed by atoms with Gasteiger partial charge in [-0.15, -0.1) is 0 Å². The summed E-state index contributed by atoms with van der Waals surface area (Å²) in [5.41, 5.74) is 5.24. The van der Waals surface area contributed by atoms with E-state index >= 15 is 0 Å². The minimum absolute atomic E-state index is 0.0302. The van der Waals surface area contributed by atoms with Gasteiger partial charge in [-0.2, -0.15) is 4.31 Å². The second-order valence-electron chi connectivity index (χ2n) is 3.68. The number of ether oxygens (including phenoxy) is 2. The highest BCUT2D eigenvalue weighted by Gasteiger charge is 2.21. The molecule has 0 rings (SSSR count). The molecule has 3 N–H and O–H groups in total. The van der Waals surface area contributed by atoms with Crippen LogP contribution < -0.4 is 5.73 Å². The summed E-state index contributed by atoms with van der Waals surface area (Å²) in [5, 5.41) is 7.14. The molecule has 0 atom stereocenters. The Bertz CT molecular complexity index is 332. The molecule has 0 spiro atoms. The quantitative estimate of drug-likeness (QED) is 0.305. The molecule has 18 heavy (non-hydrogen) atoms. The molecule has 7 nitrogen and oxygen atoms in total. The van der Waals surface area contributed by atoms with E-state index in [4.69, 9.17) is 20.6 Å². The zero-order chi connectivity index (χ0) is 14.0. The van der Waals surface area contributed by atoms with Gasteiger partial charge in [0.1, 0.15) is 0 Å². The van der Waals surface area contributed by atoms with Crippen molar-refractivity contribution in [1.82, 2.24) is 4.31 Å². The van der Waals surface area contributed by atoms with E-state index in [-0.39, 0.29) is 37.7 Å². The molecule has 0 aromatic rings. The summed E-state index contributed by atoms with van der Waals surface area (Å²) >= 11 is 0. The molecule has 0 unspecified atom stereocenters. The molecule has 0 aromatic heterocycles. The maximum atomic E-state index is 12.0. The first-order chi connectivity index (χ1) is 8.44. The fourth-order valence-corrected chi connectivity index (χ4v) is 2.57. The van der Waals surface area contributed by atoms with Gasteiger partial charge < -0.3 is 15.2 Å². The maximum Gasteiger partial charge on any atom is 0.216 e. The predicted molar refractivity (Wildman–Crippen MR) is 70.3 cm³/mol. The number of nitrogens with zero attached hydrogens (tertiary/aromatic N) is 1. The Balaban J connectivity index is 4.44. The highest BCUT2D eigenvalue weighted by atomic mass is 32.2. The van der Waals surface area contributed by atoms with E-state index < -0.39 is 10.0 Å². The largest absolute Gasteiger partial charge is 0.388 e. The van der Waals surface area contributed by atoms with Crippen LogP contribution in [0.5, 0.6) is 0 Å². The molecule has 0 heterocycles. The number of hydrogen-bond donors (Lipinski definition) is 2. The Labute approximate surface area is 109 Å². The van der Waals surface area contributed by atoms with E-state index in [1.54, 1.807) is 0 Å². The van der Waals surface area contributed by atoms with Gasteiger partial charge in [0.15, 0.2) is 0 Å². The third kappa shape index (κ3) is 7.59. The van der Waals surface area contributed by atoms with Gasteiger partial charge in [0, 0.05) is 33.2 Å². The van der Waals surface area contributed by atoms with E-state index in [9.17, 15) is 8.42 Å². The van der Waals surface area contributed by atoms with Gasteiger partial charge >= 0.3 is 0 Å². The van der Waals surface area contributed by atoms with Crippen molar-refractivity contribution in [3.63, 3.8) is 0 Å². The van der Waals surface area contributed by atoms with Gasteiger partial charge in [0.05, 0.1) is 24.8 Å². The highest BCUT2D eigenvalue weighted by molar-refractivity contribution is 7.89. The Kier molecular flexibility index (Phi) is 8.90. The van der Waals surface area contributed by atoms with E-state index in [0.717, 1.165) is 0 Å². The van der Waals surface area contributed by atoms with Crippen LogP contribution in [0.2, 0.25) is 0 Å². The Morgan fingerprint density at radius 3 is 2.50 bits per heavy atom. The second-order valence-corrected chi connectivity index (χ2v) is 5.77. The summed E-state index contributed by atoms with van der Waals surface area (Å²) in [5.74, 6) is -0.0972. The number of nitrogens with two attached hydrogens (primary N) is 1. The lowest BCUT2D eigenvalue weighted by Crippen LogP contribution is -2.38. The summed E-state index contributed by atoms with van der Waals surface area (Å²) in [6.45, 7) is 3.24. The number of amidine groups is 1. The number of sulfonamides is 1. The normalized spacial score (nSPS) is 11.9. The van der Waals surface area contributed by atoms with Crippen LogP contribution in [0.4, 0.5) is 0 Å². The third-order valence-electron chi connectivity index (χ3n) is 2.26. The first kappa shape index (κ1) is 17.3. The molecule has 8 heteroatoms. The van der Waals surface area contributed by atoms with Crippen LogP contribution in [0.25, 0.3) is 0 Å². The summed E-state index contributed by atoms with van der Waals surface area (Å²) in [6.07, 6.45) is 0.220. The van der Waals surface area contributed by atoms with Crippen LogP contribution in [0, 0.1) is 5.41 Å². The second kappa shape index (κ2) is 9.26. The molecule has 0 amide bonds. The standard InChI is InChI=1S/C10H23N3O4S/c1-3-17-8-9-18(14,15)13(6-7-16-2)5-4-10(11)12/h3-9H2,1-2H3,(H3,11,12). The van der Waals surface area contributed by atoms with E-state index in [1.165, 1.54) is 11.4 Å². The maximum absolute atomic E-state index is 12.0. The van der Waals surface area contributed by atoms with Gasteiger partial charge in [-0.25, -0.2) is 8.42 Å². The summed E-state index contributed by atoms with van der Waals surface area (Å²) in [4.78, 5) is 0. The molecule has 0 aromatic carbocycles. The van der Waals surface area contributed by atoms with Crippen molar-refractivity contribution in [3.8, 4) is 0 Å². The Morgan fingerprint density at radius 1 is 1.33 bits per heavy atom. The van der Waals surface area contributed by atoms with Gasteiger partial charge in [-0.3, -0.25) is 5.41 Å². The molecule has 0 saturated heterocycles. The van der Waals surface area contributed by atoms with E-state index in [2.05, 4.69) is 0 Å². The molecule has 0 aliphatic heterocycles. The lowest BCUT2D eigenvalue weighted by Gasteiger charge is -2.21. The minimum Gasteiger partial charge on any atom is -0.388 e. The molecule has 0 aliphatic carbocycles. The average molecular weight is 281 g/mol. The molecular weight excluding hydrogens is 258 g/mol. The lowest BCUT2D eigenvalue weighted by molar-refractivity contribution is 0.160. The number of nitrogens with one attached hydrogen (secondary N) is 1. The molecular formula is C10H23N3O4S. The van der Waals surface area contributed by atoms with Crippen molar-refractivity contribution in [2.24, 2.45) is 5.73 Å². The minimum atomic E-state index is -3.39. The third-order valence-corrected chi connectivity index (χ3v) is 4.09. The molecule has 108 valence electrons. The molecule has 0 bridgehead atoms.